The van der Waals surface area contributed by atoms with Crippen LogP contribution >= 0.6 is 15.9 Å². The Morgan fingerprint density at radius 1 is 1.18 bits per heavy atom. The van der Waals surface area contributed by atoms with E-state index in [1.807, 2.05) is 12.1 Å². The van der Waals surface area contributed by atoms with E-state index in [0.717, 1.165) is 4.47 Å². The minimum Gasteiger partial charge on any atom is -0.481 e. The summed E-state index contributed by atoms with van der Waals surface area (Å²) in [6.45, 7) is 0. The van der Waals surface area contributed by atoms with Gasteiger partial charge in [-0.05, 0) is 30.3 Å². The van der Waals surface area contributed by atoms with Crippen LogP contribution in [-0.2, 0) is 15.1 Å². The molecule has 0 aliphatic carbocycles. The van der Waals surface area contributed by atoms with E-state index in [1.54, 1.807) is 36.4 Å². The summed E-state index contributed by atoms with van der Waals surface area (Å²) in [5.74, 6) is -1.41. The third-order valence-electron chi connectivity index (χ3n) is 3.64. The van der Waals surface area contributed by atoms with Gasteiger partial charge in [0, 0.05) is 21.4 Å². The molecule has 1 aliphatic heterocycles. The van der Waals surface area contributed by atoms with Crippen LogP contribution in [0.25, 0.3) is 0 Å². The number of amides is 1. The van der Waals surface area contributed by atoms with E-state index >= 15 is 0 Å². The van der Waals surface area contributed by atoms with Crippen LogP contribution in [0.5, 0.6) is 0 Å². The molecule has 1 amide bonds. The van der Waals surface area contributed by atoms with Crippen molar-refractivity contribution >= 4 is 39.2 Å². The second-order valence-electron chi connectivity index (χ2n) is 5.11. The first-order valence-corrected chi connectivity index (χ1v) is 7.47. The number of carboxylic acid groups (broad SMARTS) is 1. The van der Waals surface area contributed by atoms with Crippen LogP contribution in [-0.4, -0.2) is 17.0 Å². The minimum atomic E-state index is -1.31. The number of rotatable bonds is 4. The molecule has 1 heterocycles. The second kappa shape index (κ2) is 5.46. The molecule has 3 rings (SSSR count). The zero-order chi connectivity index (χ0) is 15.7. The number of hydrogen-bond donors (Lipinski definition) is 3. The van der Waals surface area contributed by atoms with Crippen LogP contribution in [0.4, 0.5) is 11.4 Å². The van der Waals surface area contributed by atoms with Crippen molar-refractivity contribution in [2.45, 2.75) is 12.0 Å². The number of carboxylic acids is 1. The summed E-state index contributed by atoms with van der Waals surface area (Å²) in [5.41, 5.74) is 0.649. The highest BCUT2D eigenvalue weighted by atomic mass is 79.9. The highest BCUT2D eigenvalue weighted by molar-refractivity contribution is 9.10. The molecule has 0 spiro atoms. The number of benzene rings is 2. The number of hydrogen-bond acceptors (Lipinski definition) is 3. The Balaban J connectivity index is 2.07. The summed E-state index contributed by atoms with van der Waals surface area (Å²) in [4.78, 5) is 23.8. The van der Waals surface area contributed by atoms with Crippen molar-refractivity contribution in [3.63, 3.8) is 0 Å². The summed E-state index contributed by atoms with van der Waals surface area (Å²) in [7, 11) is 0. The molecule has 0 fully saturated rings. The largest absolute Gasteiger partial charge is 0.481 e. The van der Waals surface area contributed by atoms with Gasteiger partial charge in [0.2, 0.25) is 0 Å². The van der Waals surface area contributed by atoms with E-state index in [9.17, 15) is 14.7 Å². The van der Waals surface area contributed by atoms with Crippen molar-refractivity contribution in [2.24, 2.45) is 0 Å². The third-order valence-corrected chi connectivity index (χ3v) is 4.17. The molecule has 6 heteroatoms. The lowest BCUT2D eigenvalue weighted by Crippen LogP contribution is -2.44. The maximum absolute atomic E-state index is 12.5. The number of halogens is 1. The Kier molecular flexibility index (Phi) is 3.62. The van der Waals surface area contributed by atoms with Gasteiger partial charge < -0.3 is 15.7 Å². The molecule has 0 radical (unpaired) electrons. The molecule has 0 aromatic heterocycles. The van der Waals surface area contributed by atoms with Crippen LogP contribution in [0, 0.1) is 0 Å². The molecule has 5 nitrogen and oxygen atoms in total. The molecule has 0 bridgehead atoms. The summed E-state index contributed by atoms with van der Waals surface area (Å²) in [6, 6.07) is 14.4. The molecule has 0 saturated heterocycles. The molecule has 1 aliphatic rings. The monoisotopic (exact) mass is 360 g/mol. The molecule has 2 aromatic rings. The quantitative estimate of drug-likeness (QED) is 0.782. The van der Waals surface area contributed by atoms with Gasteiger partial charge in [-0.2, -0.15) is 0 Å². The molecule has 112 valence electrons. The first kappa shape index (κ1) is 14.6. The van der Waals surface area contributed by atoms with Crippen molar-refractivity contribution in [2.75, 3.05) is 10.6 Å². The van der Waals surface area contributed by atoms with Crippen molar-refractivity contribution in [3.8, 4) is 0 Å². The number of carbonyl (C=O) groups excluding carboxylic acids is 1. The molecular weight excluding hydrogens is 348 g/mol. The van der Waals surface area contributed by atoms with Gasteiger partial charge in [-0.15, -0.1) is 0 Å². The maximum Gasteiger partial charge on any atom is 0.306 e. The van der Waals surface area contributed by atoms with Gasteiger partial charge in [0.15, 0.2) is 5.54 Å². The molecule has 0 saturated carbocycles. The molecule has 1 atom stereocenters. The van der Waals surface area contributed by atoms with E-state index in [2.05, 4.69) is 26.6 Å². The normalized spacial score (nSPS) is 19.4. The summed E-state index contributed by atoms with van der Waals surface area (Å²) in [5, 5.41) is 15.1. The number of fused-ring (bicyclic) bond motifs is 1. The smallest absolute Gasteiger partial charge is 0.306 e. The fourth-order valence-electron chi connectivity index (χ4n) is 2.67. The van der Waals surface area contributed by atoms with Gasteiger partial charge in [0.25, 0.3) is 5.91 Å². The molecule has 3 N–H and O–H groups in total. The third kappa shape index (κ3) is 2.46. The van der Waals surface area contributed by atoms with Crippen LogP contribution in [0.1, 0.15) is 12.0 Å². The standard InChI is InChI=1S/C16H13BrN2O3/c17-10-5-7-11(8-6-10)19-16(9-14(20)21)12-3-1-2-4-13(12)18-15(16)22/h1-8,19H,9H2,(H,18,22)(H,20,21). The highest BCUT2D eigenvalue weighted by Crippen LogP contribution is 2.41. The van der Waals surface area contributed by atoms with E-state index in [1.165, 1.54) is 0 Å². The summed E-state index contributed by atoms with van der Waals surface area (Å²) >= 11 is 3.35. The van der Waals surface area contributed by atoms with Gasteiger partial charge in [0.05, 0.1) is 6.42 Å². The second-order valence-corrected chi connectivity index (χ2v) is 6.02. The first-order chi connectivity index (χ1) is 10.5. The lowest BCUT2D eigenvalue weighted by Gasteiger charge is -2.28. The number of para-hydroxylation sites is 1. The highest BCUT2D eigenvalue weighted by Gasteiger charge is 2.48. The number of nitrogens with one attached hydrogen (secondary N) is 2. The Morgan fingerprint density at radius 2 is 1.86 bits per heavy atom. The van der Waals surface area contributed by atoms with E-state index in [0.29, 0.717) is 16.9 Å². The lowest BCUT2D eigenvalue weighted by molar-refractivity contribution is -0.140. The summed E-state index contributed by atoms with van der Waals surface area (Å²) in [6.07, 6.45) is -0.341. The van der Waals surface area contributed by atoms with Crippen LogP contribution in [0.15, 0.2) is 53.0 Å². The Labute approximate surface area is 135 Å². The molecule has 22 heavy (non-hydrogen) atoms. The predicted octanol–water partition coefficient (Wildman–Crippen LogP) is 3.18. The van der Waals surface area contributed by atoms with Gasteiger partial charge in [0.1, 0.15) is 0 Å². The molecule has 1 unspecified atom stereocenters. The van der Waals surface area contributed by atoms with Crippen LogP contribution < -0.4 is 10.6 Å². The van der Waals surface area contributed by atoms with Gasteiger partial charge in [-0.25, -0.2) is 0 Å². The first-order valence-electron chi connectivity index (χ1n) is 6.68. The Morgan fingerprint density at radius 3 is 2.55 bits per heavy atom. The lowest BCUT2D eigenvalue weighted by atomic mass is 9.87. The average molecular weight is 361 g/mol. The zero-order valence-electron chi connectivity index (χ0n) is 11.5. The van der Waals surface area contributed by atoms with Gasteiger partial charge >= 0.3 is 5.97 Å². The number of carbonyl (C=O) groups is 2. The van der Waals surface area contributed by atoms with E-state index < -0.39 is 11.5 Å². The van der Waals surface area contributed by atoms with Gasteiger partial charge in [-0.1, -0.05) is 34.1 Å². The molecule has 2 aromatic carbocycles. The fourth-order valence-corrected chi connectivity index (χ4v) is 2.93. The molecular formula is C16H13BrN2O3. The van der Waals surface area contributed by atoms with Crippen molar-refractivity contribution < 1.29 is 14.7 Å². The van der Waals surface area contributed by atoms with Crippen molar-refractivity contribution in [1.29, 1.82) is 0 Å². The number of aliphatic carboxylic acids is 1. The topological polar surface area (TPSA) is 78.4 Å². The summed E-state index contributed by atoms with van der Waals surface area (Å²) < 4.78 is 0.904. The number of anilines is 2. The van der Waals surface area contributed by atoms with E-state index in [4.69, 9.17) is 0 Å². The van der Waals surface area contributed by atoms with Crippen LogP contribution in [0.3, 0.4) is 0 Å². The van der Waals surface area contributed by atoms with Crippen LogP contribution in [0.2, 0.25) is 0 Å². The average Bonchev–Trinajstić information content (AvgIpc) is 2.74. The maximum atomic E-state index is 12.5. The Bertz CT molecular complexity index is 745. The minimum absolute atomic E-state index is 0.341. The Hall–Kier alpha value is -2.34. The SMILES string of the molecule is O=C(O)CC1(Nc2ccc(Br)cc2)C(=O)Nc2ccccc21. The van der Waals surface area contributed by atoms with Crippen molar-refractivity contribution in [3.05, 3.63) is 58.6 Å². The predicted molar refractivity (Wildman–Crippen MR) is 86.8 cm³/mol. The van der Waals surface area contributed by atoms with Gasteiger partial charge in [-0.3, -0.25) is 9.59 Å². The van der Waals surface area contributed by atoms with E-state index in [-0.39, 0.29) is 12.3 Å². The fraction of sp³-hybridized carbons (Fsp3) is 0.125. The van der Waals surface area contributed by atoms with Crippen molar-refractivity contribution in [1.82, 2.24) is 0 Å². The zero-order valence-corrected chi connectivity index (χ0v) is 13.1.